The summed E-state index contributed by atoms with van der Waals surface area (Å²) in [4.78, 5) is 22.1. The van der Waals surface area contributed by atoms with Gasteiger partial charge < -0.3 is 8.46 Å². The molecule has 0 saturated carbocycles. The standard InChI is InChI=1S/C40H26N2S9Si4/c1-3-23(43-17-1)25-5-7-27(45-25)29-9-11-31(47-29)33-13-15-35(49-33)39-37-38(42-54-21-19-52-41(37)53-20-22-55-42)40(51-39)36-16-14-34(50-36)32-12-10-30(48-32)28-8-6-26(46-28)24-4-2-18-44-24/h1-18H,19-22H2. The van der Waals surface area contributed by atoms with Crippen LogP contribution in [0.2, 0.25) is 24.2 Å². The molecule has 0 atom stereocenters. The molecular weight excluding hydrogens is 909 g/mol. The van der Waals surface area contributed by atoms with Gasteiger partial charge in [-0.3, -0.25) is 0 Å². The number of allylic oxidation sites excluding steroid dienone is 4. The average molecular weight is 936 g/mol. The van der Waals surface area contributed by atoms with Crippen LogP contribution in [0.25, 0.3) is 58.5 Å². The van der Waals surface area contributed by atoms with Gasteiger partial charge in [-0.1, -0.05) is 12.2 Å². The van der Waals surface area contributed by atoms with Crippen molar-refractivity contribution in [3.05, 3.63) is 107 Å². The summed E-state index contributed by atoms with van der Waals surface area (Å²) >= 11 is 13.7. The third-order valence-corrected chi connectivity index (χ3v) is 27.1. The molecule has 7 aromatic rings. The van der Waals surface area contributed by atoms with Crippen molar-refractivity contribution < 1.29 is 0 Å². The topological polar surface area (TPSA) is 6.48 Å². The fourth-order valence-corrected chi connectivity index (χ4v) is 23.0. The first-order valence-corrected chi connectivity index (χ1v) is 29.7. The summed E-state index contributed by atoms with van der Waals surface area (Å²) in [6.45, 7) is 0. The largest absolute Gasteiger partial charge is 0.424 e. The Balaban J connectivity index is 0.939. The van der Waals surface area contributed by atoms with Crippen LogP contribution < -0.4 is 8.46 Å². The molecule has 0 aromatic carbocycles. The molecule has 11 heterocycles. The minimum Gasteiger partial charge on any atom is -0.424 e. The lowest BCUT2D eigenvalue weighted by atomic mass is 10.2. The summed E-state index contributed by atoms with van der Waals surface area (Å²) in [7, 11) is 7.11. The molecule has 2 bridgehead atoms. The zero-order chi connectivity index (χ0) is 36.3. The zero-order valence-electron chi connectivity index (χ0n) is 28.8. The maximum Gasteiger partial charge on any atom is 0.170 e. The Morgan fingerprint density at radius 1 is 0.345 bits per heavy atom. The van der Waals surface area contributed by atoms with Gasteiger partial charge in [0.25, 0.3) is 0 Å². The third kappa shape index (κ3) is 6.96. The molecule has 8 radical (unpaired) electrons. The lowest BCUT2D eigenvalue weighted by Gasteiger charge is -2.36. The number of nitrogens with zero attached hydrogens (tertiary/aromatic N) is 2. The second-order valence-electron chi connectivity index (χ2n) is 12.7. The molecule has 0 spiro atoms. The number of rotatable bonds is 8. The molecule has 11 rings (SSSR count). The van der Waals surface area contributed by atoms with Crippen LogP contribution in [0.5, 0.6) is 0 Å². The molecule has 266 valence electrons. The summed E-state index contributed by atoms with van der Waals surface area (Å²) in [5.41, 5.74) is 3.06. The summed E-state index contributed by atoms with van der Waals surface area (Å²) in [6, 6.07) is 33.3. The van der Waals surface area contributed by atoms with Crippen molar-refractivity contribution >= 4 is 172 Å². The average Bonchev–Trinajstić information content (AvgIpc) is 4.06. The van der Waals surface area contributed by atoms with Gasteiger partial charge in [-0.25, -0.2) is 0 Å². The summed E-state index contributed by atoms with van der Waals surface area (Å²) < 4.78 is 5.64. The van der Waals surface area contributed by atoms with Crippen molar-refractivity contribution in [2.75, 3.05) is 8.46 Å². The Bertz CT molecular complexity index is 2600. The SMILES string of the molecule is C1=CC(c2ccc(-c3ccc(-c4ccc(-c5sc(-c6ccc(-c7ccc(-c8ccc(C9=S=CC=C9)s8)s7)s6)c6c5N5[Si]CC[Si]N6[Si]CC[Si]5)s4)s3)s2)=S=C1. The first-order chi connectivity index (χ1) is 27.2. The molecule has 0 saturated heterocycles. The monoisotopic (exact) mass is 934 g/mol. The van der Waals surface area contributed by atoms with Crippen LogP contribution >= 0.6 is 101 Å². The molecule has 4 aliphatic rings. The minimum atomic E-state index is 0.868. The Morgan fingerprint density at radius 2 is 0.636 bits per heavy atom. The van der Waals surface area contributed by atoms with Crippen molar-refractivity contribution in [1.29, 1.82) is 0 Å². The Labute approximate surface area is 365 Å². The van der Waals surface area contributed by atoms with Crippen molar-refractivity contribution in [2.45, 2.75) is 24.2 Å². The van der Waals surface area contributed by atoms with E-state index in [1.807, 2.05) is 89.9 Å². The highest BCUT2D eigenvalue weighted by atomic mass is 32.1. The maximum atomic E-state index is 2.82. The Kier molecular flexibility index (Phi) is 10.1. The highest BCUT2D eigenvalue weighted by molar-refractivity contribution is 7.98. The molecular formula is C40H26N2S9Si4. The van der Waals surface area contributed by atoms with Gasteiger partial charge in [0.05, 0.1) is 21.1 Å². The predicted octanol–water partition coefficient (Wildman–Crippen LogP) is 13.2. The van der Waals surface area contributed by atoms with E-state index in [-0.39, 0.29) is 0 Å². The molecule has 4 aliphatic heterocycles. The minimum absolute atomic E-state index is 0.868. The van der Waals surface area contributed by atoms with Crippen LogP contribution in [0.15, 0.2) is 97.1 Å². The molecule has 0 unspecified atom stereocenters. The molecule has 0 fully saturated rings. The summed E-state index contributed by atoms with van der Waals surface area (Å²) in [5, 5.41) is 4.33. The third-order valence-electron chi connectivity index (χ3n) is 9.22. The van der Waals surface area contributed by atoms with Gasteiger partial charge in [0.2, 0.25) is 0 Å². The van der Waals surface area contributed by atoms with Crippen molar-refractivity contribution in [1.82, 2.24) is 0 Å². The van der Waals surface area contributed by atoms with Gasteiger partial charge in [-0.2, -0.15) is 0 Å². The van der Waals surface area contributed by atoms with E-state index >= 15 is 0 Å². The molecule has 2 nitrogen and oxygen atoms in total. The normalized spacial score (nSPS) is 16.4. The van der Waals surface area contributed by atoms with Crippen LogP contribution in [-0.4, -0.2) is 59.2 Å². The first-order valence-electron chi connectivity index (χ1n) is 17.6. The van der Waals surface area contributed by atoms with E-state index in [1.165, 1.54) is 114 Å². The lowest BCUT2D eigenvalue weighted by Crippen LogP contribution is -2.42. The highest BCUT2D eigenvalue weighted by Gasteiger charge is 2.33. The van der Waals surface area contributed by atoms with E-state index < -0.39 is 0 Å². The highest BCUT2D eigenvalue weighted by Crippen LogP contribution is 2.57. The molecule has 0 amide bonds. The molecule has 7 aromatic heterocycles. The molecule has 0 N–H and O–H groups in total. The van der Waals surface area contributed by atoms with Gasteiger partial charge in [0.15, 0.2) is 38.7 Å². The number of hydrogen-bond donors (Lipinski definition) is 0. The smallest absolute Gasteiger partial charge is 0.170 e. The number of hydrogen-bond acceptors (Lipinski definition) is 9. The van der Waals surface area contributed by atoms with Gasteiger partial charge >= 0.3 is 0 Å². The van der Waals surface area contributed by atoms with Crippen LogP contribution in [0, 0.1) is 0 Å². The summed E-state index contributed by atoms with van der Waals surface area (Å²) in [6.07, 6.45) is 8.73. The zero-order valence-corrected chi connectivity index (χ0v) is 40.1. The number of anilines is 2. The van der Waals surface area contributed by atoms with Gasteiger partial charge in [-0.05, 0) is 120 Å². The van der Waals surface area contributed by atoms with Crippen molar-refractivity contribution in [3.63, 3.8) is 0 Å². The maximum absolute atomic E-state index is 2.82. The second kappa shape index (κ2) is 15.5. The lowest BCUT2D eigenvalue weighted by molar-refractivity contribution is 1.27. The van der Waals surface area contributed by atoms with Gasteiger partial charge in [0.1, 0.15) is 0 Å². The second-order valence-corrected chi connectivity index (χ2v) is 28.1. The van der Waals surface area contributed by atoms with E-state index in [2.05, 4.69) is 128 Å². The van der Waals surface area contributed by atoms with E-state index in [1.54, 1.807) is 0 Å². The van der Waals surface area contributed by atoms with Crippen molar-refractivity contribution in [3.8, 4) is 58.5 Å². The van der Waals surface area contributed by atoms with Crippen LogP contribution in [0.3, 0.4) is 0 Å². The Hall–Kier alpha value is -2.23. The fourth-order valence-electron chi connectivity index (χ4n) is 6.69. The van der Waals surface area contributed by atoms with Gasteiger partial charge in [-0.15, -0.1) is 101 Å². The van der Waals surface area contributed by atoms with E-state index in [0.29, 0.717) is 0 Å². The molecule has 0 aliphatic carbocycles. The first kappa shape index (κ1) is 35.9. The Morgan fingerprint density at radius 3 is 0.964 bits per heavy atom. The number of thiophene rings is 7. The van der Waals surface area contributed by atoms with Crippen LogP contribution in [0.4, 0.5) is 11.4 Å². The van der Waals surface area contributed by atoms with Crippen LogP contribution in [-0.2, 0) is 0 Å². The van der Waals surface area contributed by atoms with Gasteiger partial charge in [0, 0.05) is 68.3 Å². The van der Waals surface area contributed by atoms with Crippen molar-refractivity contribution in [2.24, 2.45) is 0 Å². The van der Waals surface area contributed by atoms with E-state index in [9.17, 15) is 0 Å². The fraction of sp³-hybridized carbons (Fsp3) is 0.100. The molecule has 15 heteroatoms. The van der Waals surface area contributed by atoms with Crippen LogP contribution in [0.1, 0.15) is 9.75 Å². The van der Waals surface area contributed by atoms with E-state index in [4.69, 9.17) is 0 Å². The summed E-state index contributed by atoms with van der Waals surface area (Å²) in [5.74, 6) is 0. The predicted molar refractivity (Wildman–Crippen MR) is 265 cm³/mol. The van der Waals surface area contributed by atoms with E-state index in [0.717, 1.165) is 38.7 Å². The molecule has 55 heavy (non-hydrogen) atoms. The quantitative estimate of drug-likeness (QED) is 0.111.